The molecule has 112 valence electrons. The van der Waals surface area contributed by atoms with Gasteiger partial charge in [-0.1, -0.05) is 26.2 Å². The zero-order chi connectivity index (χ0) is 13.9. The van der Waals surface area contributed by atoms with Gasteiger partial charge in [0.1, 0.15) is 5.37 Å². The second-order valence-electron chi connectivity index (χ2n) is 5.74. The predicted octanol–water partition coefficient (Wildman–Crippen LogP) is 1.49. The molecule has 6 heteroatoms. The molecule has 0 amide bonds. The van der Waals surface area contributed by atoms with Crippen LogP contribution >= 0.6 is 11.8 Å². The molecule has 0 aromatic heterocycles. The first-order chi connectivity index (χ1) is 8.97. The summed E-state index contributed by atoms with van der Waals surface area (Å²) in [5.74, 6) is 1.80. The van der Waals surface area contributed by atoms with E-state index in [1.165, 1.54) is 6.42 Å². The van der Waals surface area contributed by atoms with Gasteiger partial charge in [0.2, 0.25) is 0 Å². The quantitative estimate of drug-likeness (QED) is 0.853. The van der Waals surface area contributed by atoms with Gasteiger partial charge in [-0.2, -0.15) is 11.8 Å². The lowest BCUT2D eigenvalue weighted by molar-refractivity contribution is -0.0271. The smallest absolute Gasteiger partial charge is 0.166 e. The van der Waals surface area contributed by atoms with Crippen molar-refractivity contribution >= 4 is 21.6 Å². The van der Waals surface area contributed by atoms with E-state index in [2.05, 4.69) is 0 Å². The van der Waals surface area contributed by atoms with Crippen LogP contribution in [-0.2, 0) is 9.84 Å². The number of sulfone groups is 1. The lowest BCUT2D eigenvalue weighted by atomic mass is 9.84. The molecule has 1 saturated carbocycles. The van der Waals surface area contributed by atoms with Crippen molar-refractivity contribution in [1.29, 1.82) is 0 Å². The van der Waals surface area contributed by atoms with Crippen molar-refractivity contribution in [3.63, 3.8) is 0 Å². The second kappa shape index (κ2) is 6.33. The van der Waals surface area contributed by atoms with E-state index in [1.807, 2.05) is 4.90 Å². The molecular weight excluding hydrogens is 282 g/mol. The van der Waals surface area contributed by atoms with Gasteiger partial charge in [0, 0.05) is 30.3 Å². The van der Waals surface area contributed by atoms with E-state index >= 15 is 0 Å². The molecule has 1 aliphatic heterocycles. The fourth-order valence-electron chi connectivity index (χ4n) is 3.07. The molecule has 19 heavy (non-hydrogen) atoms. The standard InChI is InChI=1S/C13H25NO3S2/c1-2-19(16,17)12-10-18-9-8-14(12)11-13(15)6-4-3-5-7-13/h12,15H,2-11H2,1H3. The van der Waals surface area contributed by atoms with Gasteiger partial charge in [-0.05, 0) is 12.8 Å². The monoisotopic (exact) mass is 307 g/mol. The number of thioether (sulfide) groups is 1. The van der Waals surface area contributed by atoms with Crippen molar-refractivity contribution in [1.82, 2.24) is 4.90 Å². The van der Waals surface area contributed by atoms with Gasteiger partial charge in [0.25, 0.3) is 0 Å². The molecule has 2 aliphatic rings. The summed E-state index contributed by atoms with van der Waals surface area (Å²) in [7, 11) is -3.05. The summed E-state index contributed by atoms with van der Waals surface area (Å²) in [6.07, 6.45) is 4.94. The normalized spacial score (nSPS) is 29.3. The number of rotatable bonds is 4. The van der Waals surface area contributed by atoms with Gasteiger partial charge in [0.05, 0.1) is 5.60 Å². The Bertz CT molecular complexity index is 391. The number of hydrogen-bond donors (Lipinski definition) is 1. The third-order valence-corrected chi connectivity index (χ3v) is 7.62. The number of β-amino-alcohol motifs (C(OH)–C–C–N with tert-alkyl or cyclic N) is 1. The van der Waals surface area contributed by atoms with E-state index < -0.39 is 20.8 Å². The maximum absolute atomic E-state index is 12.2. The van der Waals surface area contributed by atoms with E-state index in [9.17, 15) is 13.5 Å². The zero-order valence-electron chi connectivity index (χ0n) is 11.7. The summed E-state index contributed by atoms with van der Waals surface area (Å²) in [5, 5.41) is 10.2. The molecule has 0 bridgehead atoms. The molecule has 4 nitrogen and oxygen atoms in total. The molecular formula is C13H25NO3S2. The van der Waals surface area contributed by atoms with Crippen molar-refractivity contribution in [3.05, 3.63) is 0 Å². The van der Waals surface area contributed by atoms with Gasteiger partial charge in [-0.15, -0.1) is 0 Å². The average molecular weight is 307 g/mol. The van der Waals surface area contributed by atoms with E-state index in [0.29, 0.717) is 12.3 Å². The van der Waals surface area contributed by atoms with Gasteiger partial charge >= 0.3 is 0 Å². The van der Waals surface area contributed by atoms with Gasteiger partial charge in [-0.3, -0.25) is 4.90 Å². The Balaban J connectivity index is 2.07. The number of hydrogen-bond acceptors (Lipinski definition) is 5. The van der Waals surface area contributed by atoms with Crippen LogP contribution in [0.25, 0.3) is 0 Å². The first kappa shape index (κ1) is 15.6. The molecule has 2 fully saturated rings. The second-order valence-corrected chi connectivity index (χ2v) is 9.33. The van der Waals surface area contributed by atoms with Crippen LogP contribution in [-0.4, -0.2) is 59.7 Å². The van der Waals surface area contributed by atoms with E-state index in [0.717, 1.165) is 38.0 Å². The van der Waals surface area contributed by atoms with Crippen LogP contribution in [0.4, 0.5) is 0 Å². The van der Waals surface area contributed by atoms with Crippen LogP contribution in [0.1, 0.15) is 39.0 Å². The largest absolute Gasteiger partial charge is 0.389 e. The van der Waals surface area contributed by atoms with Crippen molar-refractivity contribution in [2.24, 2.45) is 0 Å². The zero-order valence-corrected chi connectivity index (χ0v) is 13.3. The molecule has 1 N–H and O–H groups in total. The Morgan fingerprint density at radius 1 is 1.32 bits per heavy atom. The molecule has 0 spiro atoms. The highest BCUT2D eigenvalue weighted by Crippen LogP contribution is 2.31. The van der Waals surface area contributed by atoms with Crippen LogP contribution in [0, 0.1) is 0 Å². The number of nitrogens with zero attached hydrogens (tertiary/aromatic N) is 1. The van der Waals surface area contributed by atoms with Crippen LogP contribution in [0.5, 0.6) is 0 Å². The van der Waals surface area contributed by atoms with Crippen molar-refractivity contribution in [2.45, 2.75) is 50.0 Å². The minimum atomic E-state index is -3.05. The summed E-state index contributed by atoms with van der Waals surface area (Å²) < 4.78 is 24.3. The first-order valence-electron chi connectivity index (χ1n) is 7.23. The Kier molecular flexibility index (Phi) is 5.20. The van der Waals surface area contributed by atoms with Gasteiger partial charge in [0.15, 0.2) is 9.84 Å². The van der Waals surface area contributed by atoms with Crippen molar-refractivity contribution < 1.29 is 13.5 Å². The van der Waals surface area contributed by atoms with Gasteiger partial charge in [-0.25, -0.2) is 8.42 Å². The highest BCUT2D eigenvalue weighted by atomic mass is 32.2. The maximum atomic E-state index is 12.2. The minimum absolute atomic E-state index is 0.188. The minimum Gasteiger partial charge on any atom is -0.389 e. The highest BCUT2D eigenvalue weighted by molar-refractivity contribution is 8.01. The van der Waals surface area contributed by atoms with E-state index in [1.54, 1.807) is 18.7 Å². The lowest BCUT2D eigenvalue weighted by Crippen LogP contribution is -2.54. The van der Waals surface area contributed by atoms with E-state index in [-0.39, 0.29) is 5.75 Å². The SMILES string of the molecule is CCS(=O)(=O)C1CSCCN1CC1(O)CCCCC1. The van der Waals surface area contributed by atoms with Crippen LogP contribution in [0.3, 0.4) is 0 Å². The maximum Gasteiger partial charge on any atom is 0.166 e. The van der Waals surface area contributed by atoms with Crippen molar-refractivity contribution in [2.75, 3.05) is 30.3 Å². The Labute approximate surface area is 120 Å². The van der Waals surface area contributed by atoms with Gasteiger partial charge < -0.3 is 5.11 Å². The molecule has 0 radical (unpaired) electrons. The highest BCUT2D eigenvalue weighted by Gasteiger charge is 2.38. The number of aliphatic hydroxyl groups is 1. The third-order valence-electron chi connectivity index (χ3n) is 4.29. The van der Waals surface area contributed by atoms with Crippen molar-refractivity contribution in [3.8, 4) is 0 Å². The molecule has 1 atom stereocenters. The molecule has 1 unspecified atom stereocenters. The Morgan fingerprint density at radius 2 is 2.00 bits per heavy atom. The predicted molar refractivity (Wildman–Crippen MR) is 80.2 cm³/mol. The summed E-state index contributed by atoms with van der Waals surface area (Å²) in [5.41, 5.74) is -0.665. The molecule has 2 rings (SSSR count). The molecule has 1 aliphatic carbocycles. The van der Waals surface area contributed by atoms with E-state index in [4.69, 9.17) is 0 Å². The molecule has 1 saturated heterocycles. The molecule has 0 aromatic rings. The van der Waals surface area contributed by atoms with Crippen LogP contribution in [0.15, 0.2) is 0 Å². The molecule has 1 heterocycles. The summed E-state index contributed by atoms with van der Waals surface area (Å²) in [6.45, 7) is 3.01. The lowest BCUT2D eigenvalue weighted by Gasteiger charge is -2.41. The average Bonchev–Trinajstić information content (AvgIpc) is 2.39. The fraction of sp³-hybridized carbons (Fsp3) is 1.00. The summed E-state index contributed by atoms with van der Waals surface area (Å²) >= 11 is 1.71. The topological polar surface area (TPSA) is 57.6 Å². The summed E-state index contributed by atoms with van der Waals surface area (Å²) in [4.78, 5) is 2.01. The van der Waals surface area contributed by atoms with Crippen LogP contribution in [0.2, 0.25) is 0 Å². The third kappa shape index (κ3) is 3.86. The Morgan fingerprint density at radius 3 is 2.63 bits per heavy atom. The fourth-order valence-corrected chi connectivity index (χ4v) is 6.15. The molecule has 0 aromatic carbocycles. The van der Waals surface area contributed by atoms with Crippen LogP contribution < -0.4 is 0 Å². The summed E-state index contributed by atoms with van der Waals surface area (Å²) in [6, 6.07) is 0. The first-order valence-corrected chi connectivity index (χ1v) is 10.1. The Hall–Kier alpha value is 0.220.